The number of hydrogen-bond donors (Lipinski definition) is 1. The van der Waals surface area contributed by atoms with E-state index in [2.05, 4.69) is 10.2 Å². The van der Waals surface area contributed by atoms with Gasteiger partial charge in [0.25, 0.3) is 5.91 Å². The summed E-state index contributed by atoms with van der Waals surface area (Å²) in [6.45, 7) is 3.33. The van der Waals surface area contributed by atoms with E-state index in [1.165, 1.54) is 13.0 Å². The van der Waals surface area contributed by atoms with Crippen LogP contribution in [0, 0.1) is 5.92 Å². The maximum absolute atomic E-state index is 12.4. The molecule has 0 aromatic heterocycles. The topological polar surface area (TPSA) is 32.3 Å². The summed E-state index contributed by atoms with van der Waals surface area (Å²) < 4.78 is 0. The summed E-state index contributed by atoms with van der Waals surface area (Å²) in [6, 6.07) is 15.9. The molecule has 2 saturated heterocycles. The standard InChI is InChI=1S/C19H19ClN2OS/c20-15-2-1-3-17(10-15)24-16-6-4-13(5-7-16)19(23)21-18-12-22-9-8-14(18)11-22/h1-7,10,14,18H,8-9,11-12H2,(H,21,23). The van der Waals surface area contributed by atoms with Crippen LogP contribution in [0.25, 0.3) is 0 Å². The molecule has 3 atom stereocenters. The molecular formula is C19H19ClN2OS. The lowest BCUT2D eigenvalue weighted by molar-refractivity contribution is 0.0924. The Morgan fingerprint density at radius 2 is 1.96 bits per heavy atom. The smallest absolute Gasteiger partial charge is 0.251 e. The molecule has 1 amide bonds. The lowest BCUT2D eigenvalue weighted by Crippen LogP contribution is -2.43. The van der Waals surface area contributed by atoms with Gasteiger partial charge in [0.2, 0.25) is 0 Å². The molecule has 2 aliphatic heterocycles. The fourth-order valence-electron chi connectivity index (χ4n) is 3.54. The Labute approximate surface area is 151 Å². The van der Waals surface area contributed by atoms with E-state index in [0.717, 1.165) is 33.5 Å². The van der Waals surface area contributed by atoms with Crippen molar-refractivity contribution in [3.8, 4) is 0 Å². The van der Waals surface area contributed by atoms with Crippen LogP contribution in [0.15, 0.2) is 58.3 Å². The van der Waals surface area contributed by atoms with Crippen LogP contribution in [0.5, 0.6) is 0 Å². The van der Waals surface area contributed by atoms with Gasteiger partial charge in [0.05, 0.1) is 0 Å². The van der Waals surface area contributed by atoms with E-state index in [1.54, 1.807) is 11.8 Å². The second kappa shape index (κ2) is 6.79. The summed E-state index contributed by atoms with van der Waals surface area (Å²) >= 11 is 7.66. The van der Waals surface area contributed by atoms with Gasteiger partial charge in [-0.1, -0.05) is 29.4 Å². The normalized spacial score (nSPS) is 25.0. The predicted octanol–water partition coefficient (Wildman–Crippen LogP) is 3.93. The SMILES string of the molecule is O=C(NC1CN2CCC1C2)c1ccc(Sc2cccc(Cl)c2)cc1. The summed E-state index contributed by atoms with van der Waals surface area (Å²) in [7, 11) is 0. The number of fused-ring (bicyclic) bond motifs is 2. The van der Waals surface area contributed by atoms with E-state index in [4.69, 9.17) is 11.6 Å². The molecular weight excluding hydrogens is 340 g/mol. The van der Waals surface area contributed by atoms with Crippen LogP contribution in [0.3, 0.4) is 0 Å². The molecule has 3 nitrogen and oxygen atoms in total. The van der Waals surface area contributed by atoms with Gasteiger partial charge in [-0.25, -0.2) is 0 Å². The predicted molar refractivity (Wildman–Crippen MR) is 97.8 cm³/mol. The molecule has 0 aliphatic carbocycles. The second-order valence-electron chi connectivity index (χ2n) is 6.47. The average Bonchev–Trinajstić information content (AvgIpc) is 3.18. The van der Waals surface area contributed by atoms with Crippen molar-refractivity contribution >= 4 is 29.3 Å². The van der Waals surface area contributed by atoms with Gasteiger partial charge in [-0.05, 0) is 61.3 Å². The molecule has 0 saturated carbocycles. The van der Waals surface area contributed by atoms with Crippen molar-refractivity contribution in [2.24, 2.45) is 5.92 Å². The number of hydrogen-bond acceptors (Lipinski definition) is 3. The van der Waals surface area contributed by atoms with Gasteiger partial charge in [-0.15, -0.1) is 0 Å². The van der Waals surface area contributed by atoms with Gasteiger partial charge in [0.15, 0.2) is 0 Å². The molecule has 124 valence electrons. The van der Waals surface area contributed by atoms with E-state index in [1.807, 2.05) is 48.5 Å². The molecule has 2 aromatic carbocycles. The Morgan fingerprint density at radius 1 is 1.12 bits per heavy atom. The zero-order valence-corrected chi connectivity index (χ0v) is 14.8. The van der Waals surface area contributed by atoms with E-state index >= 15 is 0 Å². The molecule has 2 bridgehead atoms. The maximum atomic E-state index is 12.4. The number of amides is 1. The third-order valence-electron chi connectivity index (χ3n) is 4.80. The quantitative estimate of drug-likeness (QED) is 0.898. The minimum absolute atomic E-state index is 0.0352. The minimum Gasteiger partial charge on any atom is -0.348 e. The highest BCUT2D eigenvalue weighted by molar-refractivity contribution is 7.99. The summed E-state index contributed by atoms with van der Waals surface area (Å²) in [5, 5.41) is 3.93. The Balaban J connectivity index is 1.39. The van der Waals surface area contributed by atoms with Crippen LogP contribution in [0.4, 0.5) is 0 Å². The van der Waals surface area contributed by atoms with Crippen LogP contribution < -0.4 is 5.32 Å². The molecule has 0 radical (unpaired) electrons. The second-order valence-corrected chi connectivity index (χ2v) is 8.06. The van der Waals surface area contributed by atoms with Gasteiger partial charge in [-0.3, -0.25) is 4.79 Å². The Bertz CT molecular complexity index is 749. The van der Waals surface area contributed by atoms with E-state index < -0.39 is 0 Å². The Kier molecular flexibility index (Phi) is 4.53. The number of rotatable bonds is 4. The molecule has 3 unspecified atom stereocenters. The molecule has 0 spiro atoms. The number of nitrogens with zero attached hydrogens (tertiary/aromatic N) is 1. The van der Waals surface area contributed by atoms with Crippen molar-refractivity contribution in [2.45, 2.75) is 22.3 Å². The molecule has 2 aliphatic rings. The van der Waals surface area contributed by atoms with Crippen molar-refractivity contribution in [1.82, 2.24) is 10.2 Å². The van der Waals surface area contributed by atoms with Crippen LogP contribution in [0.1, 0.15) is 16.8 Å². The first-order valence-electron chi connectivity index (χ1n) is 8.24. The van der Waals surface area contributed by atoms with Gasteiger partial charge >= 0.3 is 0 Å². The molecule has 4 rings (SSSR count). The van der Waals surface area contributed by atoms with Crippen LogP contribution >= 0.6 is 23.4 Å². The first-order chi connectivity index (χ1) is 11.7. The highest BCUT2D eigenvalue weighted by atomic mass is 35.5. The van der Waals surface area contributed by atoms with Crippen LogP contribution in [-0.4, -0.2) is 36.5 Å². The molecule has 2 aromatic rings. The van der Waals surface area contributed by atoms with Gasteiger partial charge in [0.1, 0.15) is 0 Å². The molecule has 5 heteroatoms. The molecule has 24 heavy (non-hydrogen) atoms. The molecule has 2 heterocycles. The highest BCUT2D eigenvalue weighted by Gasteiger charge is 2.38. The lowest BCUT2D eigenvalue weighted by atomic mass is 9.99. The third-order valence-corrected chi connectivity index (χ3v) is 6.03. The van der Waals surface area contributed by atoms with Crippen LogP contribution in [-0.2, 0) is 0 Å². The summed E-state index contributed by atoms with van der Waals surface area (Å²) in [6.07, 6.45) is 1.21. The summed E-state index contributed by atoms with van der Waals surface area (Å²) in [5.41, 5.74) is 0.725. The van der Waals surface area contributed by atoms with Crippen molar-refractivity contribution in [2.75, 3.05) is 19.6 Å². The molecule has 2 fully saturated rings. The first-order valence-corrected chi connectivity index (χ1v) is 9.43. The van der Waals surface area contributed by atoms with Crippen molar-refractivity contribution in [1.29, 1.82) is 0 Å². The van der Waals surface area contributed by atoms with Crippen molar-refractivity contribution < 1.29 is 4.79 Å². The third kappa shape index (κ3) is 3.46. The van der Waals surface area contributed by atoms with E-state index in [0.29, 0.717) is 12.0 Å². The summed E-state index contributed by atoms with van der Waals surface area (Å²) in [4.78, 5) is 17.1. The number of halogens is 1. The Morgan fingerprint density at radius 3 is 2.62 bits per heavy atom. The average molecular weight is 359 g/mol. The fraction of sp³-hybridized carbons (Fsp3) is 0.316. The number of benzene rings is 2. The van der Waals surface area contributed by atoms with E-state index in [-0.39, 0.29) is 5.91 Å². The molecule has 1 N–H and O–H groups in total. The highest BCUT2D eigenvalue weighted by Crippen LogP contribution is 2.30. The maximum Gasteiger partial charge on any atom is 0.251 e. The Hall–Kier alpha value is -1.49. The lowest BCUT2D eigenvalue weighted by Gasteiger charge is -2.23. The monoisotopic (exact) mass is 358 g/mol. The van der Waals surface area contributed by atoms with Gasteiger partial charge in [-0.2, -0.15) is 0 Å². The number of carbonyl (C=O) groups excluding carboxylic acids is 1. The number of nitrogens with one attached hydrogen (secondary N) is 1. The van der Waals surface area contributed by atoms with Gasteiger partial charge in [0, 0.05) is 39.5 Å². The van der Waals surface area contributed by atoms with E-state index in [9.17, 15) is 4.79 Å². The fourth-order valence-corrected chi connectivity index (χ4v) is 4.67. The minimum atomic E-state index is 0.0352. The largest absolute Gasteiger partial charge is 0.348 e. The van der Waals surface area contributed by atoms with Crippen molar-refractivity contribution in [3.63, 3.8) is 0 Å². The van der Waals surface area contributed by atoms with Crippen LogP contribution in [0.2, 0.25) is 5.02 Å². The zero-order chi connectivity index (χ0) is 16.5. The number of piperidine rings is 1. The van der Waals surface area contributed by atoms with Gasteiger partial charge < -0.3 is 10.2 Å². The van der Waals surface area contributed by atoms with Crippen molar-refractivity contribution in [3.05, 3.63) is 59.1 Å². The summed E-state index contributed by atoms with van der Waals surface area (Å²) in [5.74, 6) is 0.666. The first kappa shape index (κ1) is 16.0. The number of carbonyl (C=O) groups is 1. The zero-order valence-electron chi connectivity index (χ0n) is 13.2.